The molecule has 1 unspecified atom stereocenters. The third-order valence-electron chi connectivity index (χ3n) is 2.82. The number of halogens is 1. The van der Waals surface area contributed by atoms with E-state index in [2.05, 4.69) is 19.2 Å². The van der Waals surface area contributed by atoms with E-state index in [0.717, 1.165) is 18.5 Å². The van der Waals surface area contributed by atoms with Crippen LogP contribution in [0.4, 0.5) is 4.39 Å². The molecule has 0 aromatic heterocycles. The third kappa shape index (κ3) is 5.15. The Bertz CT molecular complexity index is 366. The van der Waals surface area contributed by atoms with Crippen molar-refractivity contribution in [2.75, 3.05) is 7.05 Å². The maximum atomic E-state index is 13.6. The Balaban J connectivity index is 2.57. The van der Waals surface area contributed by atoms with Crippen molar-refractivity contribution in [1.82, 2.24) is 5.32 Å². The summed E-state index contributed by atoms with van der Waals surface area (Å²) in [5, 5.41) is 3.06. The van der Waals surface area contributed by atoms with Crippen molar-refractivity contribution in [3.05, 3.63) is 35.1 Å². The second-order valence-corrected chi connectivity index (χ2v) is 5.21. The second-order valence-electron chi connectivity index (χ2n) is 5.21. The van der Waals surface area contributed by atoms with Gasteiger partial charge in [0.25, 0.3) is 0 Å². The summed E-state index contributed by atoms with van der Waals surface area (Å²) in [6, 6.07) is 5.18. The molecule has 0 fully saturated rings. The van der Waals surface area contributed by atoms with Crippen LogP contribution in [0.15, 0.2) is 18.2 Å². The quantitative estimate of drug-likeness (QED) is 0.803. The summed E-state index contributed by atoms with van der Waals surface area (Å²) >= 11 is 0. The summed E-state index contributed by atoms with van der Waals surface area (Å²) in [6.07, 6.45) is 1.16. The van der Waals surface area contributed by atoms with E-state index in [0.29, 0.717) is 18.1 Å². The molecule has 1 aromatic carbocycles. The van der Waals surface area contributed by atoms with Crippen LogP contribution in [-0.2, 0) is 17.9 Å². The van der Waals surface area contributed by atoms with Gasteiger partial charge >= 0.3 is 0 Å². The fourth-order valence-electron chi connectivity index (χ4n) is 2.02. The number of hydrogen-bond donors (Lipinski definition) is 1. The molecule has 0 saturated heterocycles. The SMILES string of the molecule is CNCc1ccc(F)c(COC(C)CC(C)C)c1. The van der Waals surface area contributed by atoms with Crippen molar-refractivity contribution < 1.29 is 9.13 Å². The maximum Gasteiger partial charge on any atom is 0.128 e. The Morgan fingerprint density at radius 3 is 2.61 bits per heavy atom. The first kappa shape index (κ1) is 15.1. The van der Waals surface area contributed by atoms with Crippen molar-refractivity contribution in [1.29, 1.82) is 0 Å². The Morgan fingerprint density at radius 2 is 2.00 bits per heavy atom. The average molecular weight is 253 g/mol. The number of rotatable bonds is 7. The zero-order valence-corrected chi connectivity index (χ0v) is 11.8. The molecule has 3 heteroatoms. The number of hydrogen-bond acceptors (Lipinski definition) is 2. The van der Waals surface area contributed by atoms with Crippen molar-refractivity contribution in [2.45, 2.75) is 46.4 Å². The molecule has 18 heavy (non-hydrogen) atoms. The lowest BCUT2D eigenvalue weighted by Gasteiger charge is -2.16. The van der Waals surface area contributed by atoms with Gasteiger partial charge in [-0.3, -0.25) is 0 Å². The number of ether oxygens (including phenoxy) is 1. The van der Waals surface area contributed by atoms with Crippen LogP contribution in [0.5, 0.6) is 0 Å². The average Bonchev–Trinajstić information content (AvgIpc) is 2.29. The van der Waals surface area contributed by atoms with Gasteiger partial charge in [-0.2, -0.15) is 0 Å². The van der Waals surface area contributed by atoms with Crippen LogP contribution < -0.4 is 5.32 Å². The molecule has 2 nitrogen and oxygen atoms in total. The fraction of sp³-hybridized carbons (Fsp3) is 0.600. The van der Waals surface area contributed by atoms with Gasteiger partial charge in [-0.05, 0) is 44.0 Å². The lowest BCUT2D eigenvalue weighted by molar-refractivity contribution is 0.0382. The van der Waals surface area contributed by atoms with Gasteiger partial charge in [0.05, 0.1) is 12.7 Å². The third-order valence-corrected chi connectivity index (χ3v) is 2.82. The summed E-state index contributed by atoms with van der Waals surface area (Å²) in [5.74, 6) is 0.409. The Kier molecular flexibility index (Phi) is 6.30. The van der Waals surface area contributed by atoms with Gasteiger partial charge in [-0.1, -0.05) is 19.9 Å². The number of nitrogens with one attached hydrogen (secondary N) is 1. The molecular formula is C15H24FNO. The van der Waals surface area contributed by atoms with E-state index in [-0.39, 0.29) is 11.9 Å². The van der Waals surface area contributed by atoms with E-state index in [1.807, 2.05) is 20.0 Å². The van der Waals surface area contributed by atoms with Gasteiger partial charge < -0.3 is 10.1 Å². The molecule has 0 aliphatic carbocycles. The van der Waals surface area contributed by atoms with E-state index in [1.165, 1.54) is 6.07 Å². The standard InChI is InChI=1S/C15H24FNO/c1-11(2)7-12(3)18-10-14-8-13(9-17-4)5-6-15(14)16/h5-6,8,11-12,17H,7,9-10H2,1-4H3. The highest BCUT2D eigenvalue weighted by molar-refractivity contribution is 5.24. The highest BCUT2D eigenvalue weighted by atomic mass is 19.1. The fourth-order valence-corrected chi connectivity index (χ4v) is 2.02. The summed E-state index contributed by atoms with van der Waals surface area (Å²) in [6.45, 7) is 7.45. The van der Waals surface area contributed by atoms with Crippen molar-refractivity contribution in [2.24, 2.45) is 5.92 Å². The van der Waals surface area contributed by atoms with Gasteiger partial charge in [-0.25, -0.2) is 4.39 Å². The first-order valence-electron chi connectivity index (χ1n) is 6.56. The predicted molar refractivity (Wildman–Crippen MR) is 72.9 cm³/mol. The Hall–Kier alpha value is -0.930. The second kappa shape index (κ2) is 7.49. The summed E-state index contributed by atoms with van der Waals surface area (Å²) in [4.78, 5) is 0. The molecule has 0 aliphatic heterocycles. The van der Waals surface area contributed by atoms with Gasteiger partial charge in [0.15, 0.2) is 0 Å². The zero-order chi connectivity index (χ0) is 13.5. The van der Waals surface area contributed by atoms with E-state index in [1.54, 1.807) is 6.07 Å². The smallest absolute Gasteiger partial charge is 0.128 e. The van der Waals surface area contributed by atoms with Crippen LogP contribution in [0.1, 0.15) is 38.3 Å². The molecule has 0 radical (unpaired) electrons. The van der Waals surface area contributed by atoms with Gasteiger partial charge in [0.2, 0.25) is 0 Å². The van der Waals surface area contributed by atoms with Crippen molar-refractivity contribution >= 4 is 0 Å². The maximum absolute atomic E-state index is 13.6. The van der Waals surface area contributed by atoms with Gasteiger partial charge in [0, 0.05) is 12.1 Å². The monoisotopic (exact) mass is 253 g/mol. The van der Waals surface area contributed by atoms with E-state index in [9.17, 15) is 4.39 Å². The van der Waals surface area contributed by atoms with Crippen molar-refractivity contribution in [3.8, 4) is 0 Å². The van der Waals surface area contributed by atoms with Gasteiger partial charge in [0.1, 0.15) is 5.82 Å². The first-order valence-corrected chi connectivity index (χ1v) is 6.56. The molecule has 1 aromatic rings. The minimum atomic E-state index is -0.188. The van der Waals surface area contributed by atoms with Crippen LogP contribution in [-0.4, -0.2) is 13.2 Å². The molecule has 1 rings (SSSR count). The van der Waals surface area contributed by atoms with Gasteiger partial charge in [-0.15, -0.1) is 0 Å². The molecule has 0 aliphatic rings. The minimum absolute atomic E-state index is 0.164. The minimum Gasteiger partial charge on any atom is -0.374 e. The Labute approximate surface area is 110 Å². The van der Waals surface area contributed by atoms with Crippen LogP contribution >= 0.6 is 0 Å². The van der Waals surface area contributed by atoms with E-state index < -0.39 is 0 Å². The highest BCUT2D eigenvalue weighted by Gasteiger charge is 2.08. The van der Waals surface area contributed by atoms with Crippen molar-refractivity contribution in [3.63, 3.8) is 0 Å². The topological polar surface area (TPSA) is 21.3 Å². The molecule has 0 saturated carbocycles. The molecule has 0 amide bonds. The van der Waals surface area contributed by atoms with Crippen LogP contribution in [0.2, 0.25) is 0 Å². The largest absolute Gasteiger partial charge is 0.374 e. The molecule has 1 N–H and O–H groups in total. The summed E-state index contributed by atoms with van der Waals surface area (Å²) < 4.78 is 19.3. The summed E-state index contributed by atoms with van der Waals surface area (Å²) in [7, 11) is 1.88. The van der Waals surface area contributed by atoms with E-state index >= 15 is 0 Å². The molecule has 0 spiro atoms. The number of benzene rings is 1. The molecular weight excluding hydrogens is 229 g/mol. The lowest BCUT2D eigenvalue weighted by atomic mass is 10.1. The van der Waals surface area contributed by atoms with E-state index in [4.69, 9.17) is 4.74 Å². The predicted octanol–water partition coefficient (Wildman–Crippen LogP) is 3.50. The molecule has 0 bridgehead atoms. The Morgan fingerprint density at radius 1 is 1.28 bits per heavy atom. The molecule has 102 valence electrons. The zero-order valence-electron chi connectivity index (χ0n) is 11.8. The normalized spacial score (nSPS) is 13.0. The summed E-state index contributed by atoms with van der Waals surface area (Å²) in [5.41, 5.74) is 1.72. The molecule has 1 atom stereocenters. The van der Waals surface area contributed by atoms with Crippen LogP contribution in [0.3, 0.4) is 0 Å². The lowest BCUT2D eigenvalue weighted by Crippen LogP contribution is -2.12. The first-order chi connectivity index (χ1) is 8.52. The van der Waals surface area contributed by atoms with Crippen LogP contribution in [0, 0.1) is 11.7 Å². The van der Waals surface area contributed by atoms with Crippen LogP contribution in [0.25, 0.3) is 0 Å². The highest BCUT2D eigenvalue weighted by Crippen LogP contribution is 2.15. The molecule has 0 heterocycles.